The molecule has 0 atom stereocenters. The summed E-state index contributed by atoms with van der Waals surface area (Å²) in [5, 5.41) is 11.3. The van der Waals surface area contributed by atoms with Crippen molar-refractivity contribution in [3.8, 4) is 11.5 Å². The number of hydrogen-bond donors (Lipinski definition) is 1. The summed E-state index contributed by atoms with van der Waals surface area (Å²) in [6.45, 7) is 4.84. The highest BCUT2D eigenvalue weighted by molar-refractivity contribution is 5.92. The number of ether oxygens (including phenoxy) is 2. The predicted molar refractivity (Wildman–Crippen MR) is 103 cm³/mol. The SMILES string of the molecule is O=C(NC1CC1)c1ccc(N2CCN(Cc3ccc4c(c3)OCO4)CC2)nn1. The Hall–Kier alpha value is -2.87. The molecule has 2 aromatic rings. The Kier molecular flexibility index (Phi) is 4.48. The number of fused-ring (bicyclic) bond motifs is 1. The number of benzene rings is 1. The van der Waals surface area contributed by atoms with E-state index in [2.05, 4.69) is 37.4 Å². The molecular formula is C20H23N5O3. The molecule has 8 nitrogen and oxygen atoms in total. The fourth-order valence-electron chi connectivity index (χ4n) is 3.53. The van der Waals surface area contributed by atoms with Gasteiger partial charge < -0.3 is 19.7 Å². The van der Waals surface area contributed by atoms with E-state index in [1.54, 1.807) is 6.07 Å². The maximum atomic E-state index is 12.0. The number of amides is 1. The highest BCUT2D eigenvalue weighted by atomic mass is 16.7. The molecule has 3 heterocycles. The molecule has 0 spiro atoms. The van der Waals surface area contributed by atoms with Crippen LogP contribution in [0.25, 0.3) is 0 Å². The monoisotopic (exact) mass is 381 g/mol. The summed E-state index contributed by atoms with van der Waals surface area (Å²) in [5.41, 5.74) is 1.61. The Morgan fingerprint density at radius 1 is 1.04 bits per heavy atom. The maximum Gasteiger partial charge on any atom is 0.272 e. The third-order valence-electron chi connectivity index (χ3n) is 5.34. The molecule has 1 saturated carbocycles. The topological polar surface area (TPSA) is 79.8 Å². The second-order valence-corrected chi connectivity index (χ2v) is 7.48. The van der Waals surface area contributed by atoms with E-state index in [1.807, 2.05) is 12.1 Å². The van der Waals surface area contributed by atoms with Crippen LogP contribution in [0.2, 0.25) is 0 Å². The van der Waals surface area contributed by atoms with Crippen molar-refractivity contribution >= 4 is 11.7 Å². The summed E-state index contributed by atoms with van der Waals surface area (Å²) < 4.78 is 10.8. The van der Waals surface area contributed by atoms with Crippen molar-refractivity contribution in [2.75, 3.05) is 37.9 Å². The van der Waals surface area contributed by atoms with Gasteiger partial charge in [0.2, 0.25) is 6.79 Å². The molecule has 2 aliphatic heterocycles. The number of carbonyl (C=O) groups is 1. The van der Waals surface area contributed by atoms with Crippen molar-refractivity contribution in [2.45, 2.75) is 25.4 Å². The highest BCUT2D eigenvalue weighted by Gasteiger charge is 2.25. The van der Waals surface area contributed by atoms with E-state index in [4.69, 9.17) is 9.47 Å². The van der Waals surface area contributed by atoms with Gasteiger partial charge in [-0.15, -0.1) is 10.2 Å². The summed E-state index contributed by atoms with van der Waals surface area (Å²) in [5.74, 6) is 2.35. The van der Waals surface area contributed by atoms with Crippen LogP contribution in [-0.4, -0.2) is 60.0 Å². The number of nitrogens with zero attached hydrogens (tertiary/aromatic N) is 4. The van der Waals surface area contributed by atoms with Gasteiger partial charge in [0, 0.05) is 38.8 Å². The van der Waals surface area contributed by atoms with Crippen LogP contribution in [0.1, 0.15) is 28.9 Å². The van der Waals surface area contributed by atoms with Crippen molar-refractivity contribution in [3.05, 3.63) is 41.6 Å². The molecule has 1 aromatic carbocycles. The number of anilines is 1. The van der Waals surface area contributed by atoms with Gasteiger partial charge in [0.25, 0.3) is 5.91 Å². The Balaban J connectivity index is 1.15. The number of nitrogens with one attached hydrogen (secondary N) is 1. The normalized spacial score (nSPS) is 18.9. The van der Waals surface area contributed by atoms with Gasteiger partial charge in [0.05, 0.1) is 0 Å². The van der Waals surface area contributed by atoms with Crippen molar-refractivity contribution in [3.63, 3.8) is 0 Å². The Bertz CT molecular complexity index is 861. The van der Waals surface area contributed by atoms with Gasteiger partial charge in [-0.2, -0.15) is 0 Å². The van der Waals surface area contributed by atoms with Crippen molar-refractivity contribution < 1.29 is 14.3 Å². The van der Waals surface area contributed by atoms with Crippen LogP contribution in [0, 0.1) is 0 Å². The molecule has 0 unspecified atom stereocenters. The molecule has 1 aromatic heterocycles. The minimum absolute atomic E-state index is 0.130. The van der Waals surface area contributed by atoms with Gasteiger partial charge in [-0.25, -0.2) is 0 Å². The van der Waals surface area contributed by atoms with Crippen LogP contribution in [0.15, 0.2) is 30.3 Å². The van der Waals surface area contributed by atoms with Gasteiger partial charge in [0.15, 0.2) is 23.0 Å². The quantitative estimate of drug-likeness (QED) is 0.839. The molecule has 5 rings (SSSR count). The number of hydrogen-bond acceptors (Lipinski definition) is 7. The van der Waals surface area contributed by atoms with Crippen molar-refractivity contribution in [1.82, 2.24) is 20.4 Å². The molecule has 146 valence electrons. The zero-order valence-electron chi connectivity index (χ0n) is 15.6. The molecule has 3 aliphatic rings. The number of piperazine rings is 1. The number of aromatic nitrogens is 2. The fourth-order valence-corrected chi connectivity index (χ4v) is 3.53. The van der Waals surface area contributed by atoms with Crippen LogP contribution in [0.5, 0.6) is 11.5 Å². The van der Waals surface area contributed by atoms with Crippen LogP contribution < -0.4 is 19.7 Å². The lowest BCUT2D eigenvalue weighted by atomic mass is 10.1. The van der Waals surface area contributed by atoms with Crippen LogP contribution in [0.3, 0.4) is 0 Å². The van der Waals surface area contributed by atoms with Crippen LogP contribution in [0.4, 0.5) is 5.82 Å². The fraction of sp³-hybridized carbons (Fsp3) is 0.450. The first kappa shape index (κ1) is 17.2. The minimum atomic E-state index is -0.130. The van der Waals surface area contributed by atoms with E-state index in [-0.39, 0.29) is 5.91 Å². The smallest absolute Gasteiger partial charge is 0.272 e. The molecule has 1 aliphatic carbocycles. The average molecular weight is 381 g/mol. The number of rotatable bonds is 5. The Labute approximate surface area is 163 Å². The van der Waals surface area contributed by atoms with Crippen LogP contribution >= 0.6 is 0 Å². The van der Waals surface area contributed by atoms with Crippen LogP contribution in [-0.2, 0) is 6.54 Å². The molecule has 1 saturated heterocycles. The summed E-state index contributed by atoms with van der Waals surface area (Å²) in [6.07, 6.45) is 2.13. The minimum Gasteiger partial charge on any atom is -0.454 e. The summed E-state index contributed by atoms with van der Waals surface area (Å²) in [7, 11) is 0. The van der Waals surface area contributed by atoms with E-state index < -0.39 is 0 Å². The predicted octanol–water partition coefficient (Wildman–Crippen LogP) is 1.42. The lowest BCUT2D eigenvalue weighted by molar-refractivity contribution is 0.0945. The van der Waals surface area contributed by atoms with Gasteiger partial charge in [0.1, 0.15) is 0 Å². The second-order valence-electron chi connectivity index (χ2n) is 7.48. The van der Waals surface area contributed by atoms with E-state index >= 15 is 0 Å². The Morgan fingerprint density at radius 3 is 2.61 bits per heavy atom. The highest BCUT2D eigenvalue weighted by Crippen LogP contribution is 2.32. The second kappa shape index (κ2) is 7.27. The Morgan fingerprint density at radius 2 is 1.86 bits per heavy atom. The molecule has 0 radical (unpaired) electrons. The van der Waals surface area contributed by atoms with Crippen molar-refractivity contribution in [1.29, 1.82) is 0 Å². The largest absolute Gasteiger partial charge is 0.454 e. The third-order valence-corrected chi connectivity index (χ3v) is 5.34. The van der Waals surface area contributed by atoms with Gasteiger partial charge in [-0.3, -0.25) is 9.69 Å². The standard InChI is InChI=1S/C20H23N5O3/c26-20(21-15-2-3-15)16-4-6-19(23-22-16)25-9-7-24(8-10-25)12-14-1-5-17-18(11-14)28-13-27-17/h1,4-6,11,15H,2-3,7-10,12-13H2,(H,21,26). The zero-order valence-corrected chi connectivity index (χ0v) is 15.6. The summed E-state index contributed by atoms with van der Waals surface area (Å²) in [6, 6.07) is 10.1. The third kappa shape index (κ3) is 3.73. The lowest BCUT2D eigenvalue weighted by Crippen LogP contribution is -2.46. The van der Waals surface area contributed by atoms with E-state index in [1.165, 1.54) is 5.56 Å². The van der Waals surface area contributed by atoms with E-state index in [0.717, 1.165) is 62.9 Å². The maximum absolute atomic E-state index is 12.0. The average Bonchev–Trinajstić information content (AvgIpc) is 3.42. The number of carbonyl (C=O) groups excluding carboxylic acids is 1. The molecule has 0 bridgehead atoms. The summed E-state index contributed by atoms with van der Waals surface area (Å²) in [4.78, 5) is 16.6. The first-order chi connectivity index (χ1) is 13.7. The molecule has 1 N–H and O–H groups in total. The van der Waals surface area contributed by atoms with Gasteiger partial charge in [-0.1, -0.05) is 6.07 Å². The molecule has 2 fully saturated rings. The molecule has 1 amide bonds. The van der Waals surface area contributed by atoms with Gasteiger partial charge in [-0.05, 0) is 42.7 Å². The summed E-state index contributed by atoms with van der Waals surface area (Å²) >= 11 is 0. The van der Waals surface area contributed by atoms with Gasteiger partial charge >= 0.3 is 0 Å². The molecule has 8 heteroatoms. The molecule has 28 heavy (non-hydrogen) atoms. The zero-order chi connectivity index (χ0) is 18.9. The van der Waals surface area contributed by atoms with E-state index in [0.29, 0.717) is 18.5 Å². The first-order valence-electron chi connectivity index (χ1n) is 9.75. The van der Waals surface area contributed by atoms with E-state index in [9.17, 15) is 4.79 Å². The first-order valence-corrected chi connectivity index (χ1v) is 9.75. The molecular weight excluding hydrogens is 358 g/mol. The van der Waals surface area contributed by atoms with Crippen molar-refractivity contribution in [2.24, 2.45) is 0 Å². The lowest BCUT2D eigenvalue weighted by Gasteiger charge is -2.35.